The summed E-state index contributed by atoms with van der Waals surface area (Å²) < 4.78 is 46.5. The molecular formula is C17H9F3N2O2. The lowest BCUT2D eigenvalue weighted by molar-refractivity contribution is -0.136. The Bertz CT molecular complexity index is 1130. The maximum absolute atomic E-state index is 13.1. The zero-order chi connectivity index (χ0) is 16.9. The van der Waals surface area contributed by atoms with Crippen LogP contribution in [0.5, 0.6) is 0 Å². The fourth-order valence-electron chi connectivity index (χ4n) is 2.64. The van der Waals surface area contributed by atoms with Crippen LogP contribution in [0.3, 0.4) is 0 Å². The Kier molecular flexibility index (Phi) is 2.99. The molecule has 3 heterocycles. The predicted molar refractivity (Wildman–Crippen MR) is 81.7 cm³/mol. The first-order valence-corrected chi connectivity index (χ1v) is 7.01. The molecule has 0 saturated heterocycles. The molecule has 0 amide bonds. The maximum Gasteiger partial charge on any atom is 0.417 e. The van der Waals surface area contributed by atoms with Crippen LogP contribution in [0.1, 0.15) is 5.56 Å². The molecule has 0 atom stereocenters. The van der Waals surface area contributed by atoms with Crippen LogP contribution in [0.25, 0.3) is 27.9 Å². The van der Waals surface area contributed by atoms with Gasteiger partial charge in [0.15, 0.2) is 11.2 Å². The third-order valence-corrected chi connectivity index (χ3v) is 3.73. The molecular weight excluding hydrogens is 321 g/mol. The molecule has 0 aliphatic carbocycles. The van der Waals surface area contributed by atoms with E-state index in [9.17, 15) is 18.0 Å². The fraction of sp³-hybridized carbons (Fsp3) is 0.0588. The number of halogens is 3. The van der Waals surface area contributed by atoms with Gasteiger partial charge in [0.1, 0.15) is 11.3 Å². The summed E-state index contributed by atoms with van der Waals surface area (Å²) in [5.74, 6) is 0.121. The zero-order valence-corrected chi connectivity index (χ0v) is 12.0. The van der Waals surface area contributed by atoms with Crippen molar-refractivity contribution in [3.63, 3.8) is 0 Å². The molecule has 0 fully saturated rings. The van der Waals surface area contributed by atoms with E-state index < -0.39 is 22.6 Å². The summed E-state index contributed by atoms with van der Waals surface area (Å²) in [5.41, 5.74) is -0.680. The van der Waals surface area contributed by atoms with Crippen LogP contribution in [-0.2, 0) is 6.18 Å². The lowest BCUT2D eigenvalue weighted by Gasteiger charge is -2.10. The SMILES string of the molecule is O=c1cc(-c2cc3cccn3cn2)oc2cccc(C(F)(F)F)c12. The molecule has 0 radical (unpaired) electrons. The monoisotopic (exact) mass is 330 g/mol. The van der Waals surface area contributed by atoms with Gasteiger partial charge >= 0.3 is 6.18 Å². The van der Waals surface area contributed by atoms with Gasteiger partial charge < -0.3 is 8.82 Å². The minimum Gasteiger partial charge on any atom is -0.454 e. The Hall–Kier alpha value is -3.09. The number of hydrogen-bond donors (Lipinski definition) is 0. The maximum atomic E-state index is 13.1. The minimum atomic E-state index is -4.63. The first-order valence-electron chi connectivity index (χ1n) is 7.01. The average Bonchev–Trinajstić information content (AvgIpc) is 3.00. The summed E-state index contributed by atoms with van der Waals surface area (Å²) in [6, 6.07) is 9.81. The molecule has 0 bridgehead atoms. The van der Waals surface area contributed by atoms with Crippen molar-refractivity contribution in [2.75, 3.05) is 0 Å². The van der Waals surface area contributed by atoms with Gasteiger partial charge in [-0.1, -0.05) is 6.07 Å². The molecule has 0 spiro atoms. The van der Waals surface area contributed by atoms with Crippen LogP contribution in [0.2, 0.25) is 0 Å². The van der Waals surface area contributed by atoms with Crippen molar-refractivity contribution in [1.82, 2.24) is 9.38 Å². The number of benzene rings is 1. The first-order chi connectivity index (χ1) is 11.4. The Balaban J connectivity index is 1.97. The molecule has 120 valence electrons. The van der Waals surface area contributed by atoms with E-state index in [1.54, 1.807) is 23.0 Å². The molecule has 0 aliphatic rings. The second-order valence-corrected chi connectivity index (χ2v) is 5.27. The van der Waals surface area contributed by atoms with Gasteiger partial charge in [-0.15, -0.1) is 0 Å². The van der Waals surface area contributed by atoms with E-state index in [1.807, 2.05) is 12.1 Å². The molecule has 0 aliphatic heterocycles. The van der Waals surface area contributed by atoms with Crippen molar-refractivity contribution in [3.8, 4) is 11.5 Å². The van der Waals surface area contributed by atoms with Crippen LogP contribution in [-0.4, -0.2) is 9.38 Å². The summed E-state index contributed by atoms with van der Waals surface area (Å²) in [5, 5.41) is -0.475. The Morgan fingerprint density at radius 3 is 2.71 bits per heavy atom. The molecule has 1 aromatic carbocycles. The van der Waals surface area contributed by atoms with Gasteiger partial charge in [-0.25, -0.2) is 4.98 Å². The van der Waals surface area contributed by atoms with Crippen LogP contribution >= 0.6 is 0 Å². The van der Waals surface area contributed by atoms with Crippen molar-refractivity contribution >= 4 is 16.5 Å². The third kappa shape index (κ3) is 2.25. The first kappa shape index (κ1) is 14.5. The van der Waals surface area contributed by atoms with Gasteiger partial charge in [-0.3, -0.25) is 4.79 Å². The summed E-state index contributed by atoms with van der Waals surface area (Å²) in [6.07, 6.45) is -1.28. The average molecular weight is 330 g/mol. The molecule has 4 rings (SSSR count). The summed E-state index contributed by atoms with van der Waals surface area (Å²) in [7, 11) is 0. The molecule has 24 heavy (non-hydrogen) atoms. The Morgan fingerprint density at radius 1 is 1.08 bits per heavy atom. The van der Waals surface area contributed by atoms with E-state index in [0.29, 0.717) is 5.69 Å². The van der Waals surface area contributed by atoms with Gasteiger partial charge in [-0.2, -0.15) is 13.2 Å². The highest BCUT2D eigenvalue weighted by Gasteiger charge is 2.34. The highest BCUT2D eigenvalue weighted by molar-refractivity contribution is 5.82. The van der Waals surface area contributed by atoms with Crippen molar-refractivity contribution in [2.45, 2.75) is 6.18 Å². The second-order valence-electron chi connectivity index (χ2n) is 5.27. The minimum absolute atomic E-state index is 0.121. The lowest BCUT2D eigenvalue weighted by Crippen LogP contribution is -2.12. The van der Waals surface area contributed by atoms with Crippen LogP contribution in [0, 0.1) is 0 Å². The van der Waals surface area contributed by atoms with E-state index in [1.165, 1.54) is 12.1 Å². The highest BCUT2D eigenvalue weighted by atomic mass is 19.4. The van der Waals surface area contributed by atoms with Gasteiger partial charge in [0.2, 0.25) is 0 Å². The van der Waals surface area contributed by atoms with Gasteiger partial charge in [-0.05, 0) is 30.3 Å². The van der Waals surface area contributed by atoms with E-state index in [4.69, 9.17) is 4.42 Å². The molecule has 7 heteroatoms. The predicted octanol–water partition coefficient (Wildman–Crippen LogP) is 4.13. The van der Waals surface area contributed by atoms with E-state index in [-0.39, 0.29) is 11.3 Å². The summed E-state index contributed by atoms with van der Waals surface area (Å²) >= 11 is 0. The molecule has 3 aromatic heterocycles. The number of alkyl halides is 3. The molecule has 0 N–H and O–H groups in total. The highest BCUT2D eigenvalue weighted by Crippen LogP contribution is 2.34. The zero-order valence-electron chi connectivity index (χ0n) is 12.0. The van der Waals surface area contributed by atoms with Gasteiger partial charge in [0.25, 0.3) is 0 Å². The number of hydrogen-bond acceptors (Lipinski definition) is 3. The van der Waals surface area contributed by atoms with Crippen LogP contribution < -0.4 is 5.43 Å². The van der Waals surface area contributed by atoms with Crippen molar-refractivity contribution in [2.24, 2.45) is 0 Å². The second kappa shape index (κ2) is 4.95. The topological polar surface area (TPSA) is 47.5 Å². The fourth-order valence-corrected chi connectivity index (χ4v) is 2.64. The number of nitrogens with zero attached hydrogens (tertiary/aromatic N) is 2. The van der Waals surface area contributed by atoms with Gasteiger partial charge in [0.05, 0.1) is 17.3 Å². The lowest BCUT2D eigenvalue weighted by atomic mass is 10.1. The Morgan fingerprint density at radius 2 is 1.92 bits per heavy atom. The Labute approximate surface area is 132 Å². The number of aromatic nitrogens is 2. The molecule has 0 saturated carbocycles. The van der Waals surface area contributed by atoms with Crippen molar-refractivity contribution < 1.29 is 17.6 Å². The number of fused-ring (bicyclic) bond motifs is 2. The number of rotatable bonds is 1. The summed E-state index contributed by atoms with van der Waals surface area (Å²) in [4.78, 5) is 16.4. The van der Waals surface area contributed by atoms with Crippen LogP contribution in [0.15, 0.2) is 64.2 Å². The van der Waals surface area contributed by atoms with E-state index in [0.717, 1.165) is 17.6 Å². The molecule has 4 nitrogen and oxygen atoms in total. The van der Waals surface area contributed by atoms with Crippen molar-refractivity contribution in [3.05, 3.63) is 70.8 Å². The standard InChI is InChI=1S/C17H9F3N2O2/c18-17(19,20)11-4-1-5-14-16(11)13(23)8-15(24-14)12-7-10-3-2-6-22(10)9-21-12/h1-9H. The molecule has 0 unspecified atom stereocenters. The quantitative estimate of drug-likeness (QED) is 0.527. The molecule has 4 aromatic rings. The van der Waals surface area contributed by atoms with E-state index in [2.05, 4.69) is 4.98 Å². The third-order valence-electron chi connectivity index (χ3n) is 3.73. The smallest absolute Gasteiger partial charge is 0.417 e. The van der Waals surface area contributed by atoms with Gasteiger partial charge in [0, 0.05) is 17.8 Å². The van der Waals surface area contributed by atoms with E-state index >= 15 is 0 Å². The van der Waals surface area contributed by atoms with Crippen LogP contribution in [0.4, 0.5) is 13.2 Å². The normalized spacial score (nSPS) is 12.1. The summed E-state index contributed by atoms with van der Waals surface area (Å²) in [6.45, 7) is 0. The van der Waals surface area contributed by atoms with Crippen molar-refractivity contribution in [1.29, 1.82) is 0 Å². The largest absolute Gasteiger partial charge is 0.454 e.